The number of rotatable bonds is 7. The molecule has 1 aromatic heterocycles. The number of ether oxygens (including phenoxy) is 2. The molecule has 1 aliphatic rings. The van der Waals surface area contributed by atoms with Crippen LogP contribution in [0.15, 0.2) is 47.4 Å². The lowest BCUT2D eigenvalue weighted by Crippen LogP contribution is -2.22. The Labute approximate surface area is 198 Å². The smallest absolute Gasteiger partial charge is 0.416 e. The summed E-state index contributed by atoms with van der Waals surface area (Å²) in [6, 6.07) is 10.5. The van der Waals surface area contributed by atoms with E-state index in [4.69, 9.17) is 14.5 Å². The van der Waals surface area contributed by atoms with Crippen molar-refractivity contribution in [2.45, 2.75) is 55.9 Å². The van der Waals surface area contributed by atoms with Crippen molar-refractivity contribution in [3.63, 3.8) is 0 Å². The van der Waals surface area contributed by atoms with Gasteiger partial charge in [-0.15, -0.1) is 23.1 Å². The number of alkyl halides is 3. The number of hydrogen-bond acceptors (Lipinski definition) is 6. The van der Waals surface area contributed by atoms with E-state index in [1.54, 1.807) is 17.8 Å². The van der Waals surface area contributed by atoms with Gasteiger partial charge in [-0.3, -0.25) is 0 Å². The predicted octanol–water partition coefficient (Wildman–Crippen LogP) is 7.18. The van der Waals surface area contributed by atoms with Gasteiger partial charge in [-0.2, -0.15) is 13.2 Å². The van der Waals surface area contributed by atoms with Crippen molar-refractivity contribution in [3.8, 4) is 16.3 Å². The number of phenols is 1. The first-order valence-corrected chi connectivity index (χ1v) is 12.4. The van der Waals surface area contributed by atoms with Crippen molar-refractivity contribution in [1.29, 1.82) is 0 Å². The number of nitrogens with zero attached hydrogens (tertiary/aromatic N) is 1. The van der Waals surface area contributed by atoms with E-state index in [0.717, 1.165) is 52.4 Å². The Morgan fingerprint density at radius 1 is 1.18 bits per heavy atom. The zero-order chi connectivity index (χ0) is 23.4. The standard InChI is InChI=1S/C24H24F3NO3S2/c1-15-12-18(9-10-20(15)29)32-14-21-19(13-31-22-4-2-3-11-30-22)28-23(33-21)16-5-7-17(8-6-16)24(25,26)27/h5-10,12,22,29H,2-4,11,13-14H2,1H3. The first-order chi connectivity index (χ1) is 15.8. The summed E-state index contributed by atoms with van der Waals surface area (Å²) in [5.74, 6) is 0.885. The molecule has 2 heterocycles. The third-order valence-electron chi connectivity index (χ3n) is 5.32. The van der Waals surface area contributed by atoms with Crippen LogP contribution < -0.4 is 0 Å². The molecule has 4 rings (SSSR count). The fourth-order valence-electron chi connectivity index (χ4n) is 3.42. The summed E-state index contributed by atoms with van der Waals surface area (Å²) in [5.41, 5.74) is 1.53. The molecule has 0 aliphatic carbocycles. The Bertz CT molecular complexity index is 1080. The molecular weight excluding hydrogens is 471 g/mol. The van der Waals surface area contributed by atoms with Gasteiger partial charge in [-0.25, -0.2) is 4.98 Å². The minimum atomic E-state index is -4.37. The molecule has 33 heavy (non-hydrogen) atoms. The second-order valence-corrected chi connectivity index (χ2v) is 9.94. The largest absolute Gasteiger partial charge is 0.508 e. The molecule has 0 bridgehead atoms. The number of benzene rings is 2. The quantitative estimate of drug-likeness (QED) is 0.352. The molecule has 0 saturated carbocycles. The van der Waals surface area contributed by atoms with Crippen LogP contribution in [0.1, 0.15) is 41.0 Å². The van der Waals surface area contributed by atoms with Crippen LogP contribution in [0.4, 0.5) is 13.2 Å². The minimum Gasteiger partial charge on any atom is -0.508 e. The molecule has 176 valence electrons. The molecule has 2 aromatic carbocycles. The second kappa shape index (κ2) is 10.5. The van der Waals surface area contributed by atoms with Crippen LogP contribution in [0, 0.1) is 6.92 Å². The summed E-state index contributed by atoms with van der Waals surface area (Å²) in [4.78, 5) is 6.71. The summed E-state index contributed by atoms with van der Waals surface area (Å²) in [5, 5.41) is 10.4. The van der Waals surface area contributed by atoms with Crippen molar-refractivity contribution < 1.29 is 27.8 Å². The van der Waals surface area contributed by atoms with Gasteiger partial charge in [-0.1, -0.05) is 12.1 Å². The van der Waals surface area contributed by atoms with Crippen LogP contribution in [0.2, 0.25) is 0 Å². The van der Waals surface area contributed by atoms with Gasteiger partial charge >= 0.3 is 6.18 Å². The Balaban J connectivity index is 1.54. The number of thiazole rings is 1. The highest BCUT2D eigenvalue weighted by Crippen LogP contribution is 2.36. The van der Waals surface area contributed by atoms with E-state index >= 15 is 0 Å². The number of aryl methyl sites for hydroxylation is 1. The van der Waals surface area contributed by atoms with Crippen molar-refractivity contribution in [2.75, 3.05) is 6.61 Å². The molecule has 1 aliphatic heterocycles. The van der Waals surface area contributed by atoms with Gasteiger partial charge in [0.1, 0.15) is 10.8 Å². The van der Waals surface area contributed by atoms with E-state index < -0.39 is 11.7 Å². The predicted molar refractivity (Wildman–Crippen MR) is 123 cm³/mol. The van der Waals surface area contributed by atoms with Gasteiger partial charge < -0.3 is 14.6 Å². The second-order valence-electron chi connectivity index (χ2n) is 7.81. The Kier molecular flexibility index (Phi) is 7.63. The SMILES string of the molecule is Cc1cc(SCc2sc(-c3ccc(C(F)(F)F)cc3)nc2COC2CCCCO2)ccc1O. The topological polar surface area (TPSA) is 51.6 Å². The van der Waals surface area contributed by atoms with E-state index in [0.29, 0.717) is 22.9 Å². The first kappa shape index (κ1) is 24.1. The highest BCUT2D eigenvalue weighted by molar-refractivity contribution is 7.98. The van der Waals surface area contributed by atoms with Gasteiger partial charge in [0.15, 0.2) is 6.29 Å². The molecule has 1 unspecified atom stereocenters. The Morgan fingerprint density at radius 2 is 1.97 bits per heavy atom. The zero-order valence-corrected chi connectivity index (χ0v) is 19.7. The van der Waals surface area contributed by atoms with Crippen LogP contribution in [-0.2, 0) is 28.0 Å². The van der Waals surface area contributed by atoms with Gasteiger partial charge in [0.2, 0.25) is 0 Å². The van der Waals surface area contributed by atoms with E-state index in [-0.39, 0.29) is 18.6 Å². The maximum atomic E-state index is 12.9. The number of aromatic hydroxyl groups is 1. The molecule has 0 radical (unpaired) electrons. The van der Waals surface area contributed by atoms with Gasteiger partial charge in [0.05, 0.1) is 17.9 Å². The van der Waals surface area contributed by atoms with Crippen LogP contribution in [0.3, 0.4) is 0 Å². The number of aromatic nitrogens is 1. The molecule has 1 atom stereocenters. The van der Waals surface area contributed by atoms with E-state index in [9.17, 15) is 18.3 Å². The maximum absolute atomic E-state index is 12.9. The zero-order valence-electron chi connectivity index (χ0n) is 18.0. The molecule has 0 spiro atoms. The van der Waals surface area contributed by atoms with Crippen molar-refractivity contribution in [2.24, 2.45) is 0 Å². The summed E-state index contributed by atoms with van der Waals surface area (Å²) in [6.45, 7) is 2.81. The number of phenolic OH excluding ortho intramolecular Hbond substituents is 1. The third kappa shape index (κ3) is 6.29. The lowest BCUT2D eigenvalue weighted by molar-refractivity contribution is -0.169. The van der Waals surface area contributed by atoms with Crippen LogP contribution in [-0.4, -0.2) is 23.0 Å². The Morgan fingerprint density at radius 3 is 2.64 bits per heavy atom. The van der Waals surface area contributed by atoms with Crippen LogP contribution in [0.25, 0.3) is 10.6 Å². The average molecular weight is 496 g/mol. The first-order valence-electron chi connectivity index (χ1n) is 10.6. The van der Waals surface area contributed by atoms with E-state index in [1.165, 1.54) is 23.5 Å². The molecular formula is C24H24F3NO3S2. The van der Waals surface area contributed by atoms with Crippen LogP contribution in [0.5, 0.6) is 5.75 Å². The fourth-order valence-corrected chi connectivity index (χ4v) is 5.58. The van der Waals surface area contributed by atoms with E-state index in [2.05, 4.69) is 0 Å². The van der Waals surface area contributed by atoms with Gasteiger partial charge in [0.25, 0.3) is 0 Å². The van der Waals surface area contributed by atoms with E-state index in [1.807, 2.05) is 19.1 Å². The lowest BCUT2D eigenvalue weighted by atomic mass is 10.1. The molecule has 3 aromatic rings. The molecule has 9 heteroatoms. The van der Waals surface area contributed by atoms with Gasteiger partial charge in [0, 0.05) is 27.7 Å². The monoisotopic (exact) mass is 495 g/mol. The molecule has 1 saturated heterocycles. The highest BCUT2D eigenvalue weighted by Gasteiger charge is 2.30. The number of hydrogen-bond donors (Lipinski definition) is 1. The van der Waals surface area contributed by atoms with Gasteiger partial charge in [-0.05, 0) is 62.1 Å². The minimum absolute atomic E-state index is 0.253. The van der Waals surface area contributed by atoms with Crippen LogP contribution >= 0.6 is 23.1 Å². The van der Waals surface area contributed by atoms with Crippen molar-refractivity contribution >= 4 is 23.1 Å². The fraction of sp³-hybridized carbons (Fsp3) is 0.375. The normalized spacial score (nSPS) is 16.8. The molecule has 1 N–H and O–H groups in total. The summed E-state index contributed by atoms with van der Waals surface area (Å²) >= 11 is 3.07. The summed E-state index contributed by atoms with van der Waals surface area (Å²) in [7, 11) is 0. The number of thioether (sulfide) groups is 1. The Hall–Kier alpha value is -2.07. The molecule has 4 nitrogen and oxygen atoms in total. The highest BCUT2D eigenvalue weighted by atomic mass is 32.2. The number of halogens is 3. The average Bonchev–Trinajstić information content (AvgIpc) is 3.22. The molecule has 1 fully saturated rings. The molecule has 0 amide bonds. The summed E-state index contributed by atoms with van der Waals surface area (Å²) in [6.07, 6.45) is -1.70. The van der Waals surface area contributed by atoms with Crippen molar-refractivity contribution in [1.82, 2.24) is 4.98 Å². The third-order valence-corrected chi connectivity index (χ3v) is 7.67. The lowest BCUT2D eigenvalue weighted by Gasteiger charge is -2.22. The van der Waals surface area contributed by atoms with Crippen molar-refractivity contribution in [3.05, 3.63) is 64.2 Å². The maximum Gasteiger partial charge on any atom is 0.416 e. The summed E-state index contributed by atoms with van der Waals surface area (Å²) < 4.78 is 50.4.